The largest absolute Gasteiger partial charge is 0.444 e. The zero-order valence-electron chi connectivity index (χ0n) is 11.8. The predicted octanol–water partition coefficient (Wildman–Crippen LogP) is 2.16. The van der Waals surface area contributed by atoms with Crippen molar-refractivity contribution in [3.05, 3.63) is 23.0 Å². The second kappa shape index (κ2) is 5.44. The quantitative estimate of drug-likeness (QED) is 0.772. The van der Waals surface area contributed by atoms with Crippen molar-refractivity contribution in [3.8, 4) is 0 Å². The lowest BCUT2D eigenvalue weighted by atomic mass is 10.0. The van der Waals surface area contributed by atoms with Gasteiger partial charge in [-0.1, -0.05) is 0 Å². The molecule has 1 aromatic heterocycles. The molecule has 0 spiro atoms. The van der Waals surface area contributed by atoms with Gasteiger partial charge in [0.25, 0.3) is 0 Å². The fourth-order valence-corrected chi connectivity index (χ4v) is 1.85. The monoisotopic (exact) mass is 253 g/mol. The average Bonchev–Trinajstić information content (AvgIpc) is 2.53. The molecule has 0 aliphatic heterocycles. The van der Waals surface area contributed by atoms with Crippen LogP contribution in [0.5, 0.6) is 0 Å². The minimum atomic E-state index is -0.492. The molecular formula is C13H23N3O2. The molecule has 1 aromatic rings. The van der Waals surface area contributed by atoms with Crippen molar-refractivity contribution in [3.63, 3.8) is 0 Å². The Balaban J connectivity index is 2.52. The third-order valence-corrected chi connectivity index (χ3v) is 2.57. The van der Waals surface area contributed by atoms with Crippen molar-refractivity contribution < 1.29 is 9.53 Å². The first-order chi connectivity index (χ1) is 8.20. The number of H-pyrrole nitrogens is 1. The lowest BCUT2D eigenvalue weighted by molar-refractivity contribution is 0.0524. The van der Waals surface area contributed by atoms with Gasteiger partial charge in [0.1, 0.15) is 5.60 Å². The Kier molecular flexibility index (Phi) is 4.40. The fourth-order valence-electron chi connectivity index (χ4n) is 1.85. The summed E-state index contributed by atoms with van der Waals surface area (Å²) in [6, 6.07) is -0.233. The molecule has 4 N–H and O–H groups in total. The molecule has 18 heavy (non-hydrogen) atoms. The molecule has 1 unspecified atom stereocenters. The molecule has 5 heteroatoms. The number of amides is 1. The normalized spacial score (nSPS) is 13.2. The number of ether oxygens (including phenoxy) is 1. The molecule has 0 saturated heterocycles. The molecular weight excluding hydrogens is 230 g/mol. The predicted molar refractivity (Wildman–Crippen MR) is 71.4 cm³/mol. The molecule has 1 atom stereocenters. The molecule has 5 nitrogen and oxygen atoms in total. The van der Waals surface area contributed by atoms with E-state index in [-0.39, 0.29) is 6.04 Å². The van der Waals surface area contributed by atoms with Crippen molar-refractivity contribution in [2.45, 2.75) is 46.3 Å². The van der Waals surface area contributed by atoms with Crippen LogP contribution in [0, 0.1) is 13.8 Å². The first-order valence-corrected chi connectivity index (χ1v) is 6.07. The van der Waals surface area contributed by atoms with Gasteiger partial charge >= 0.3 is 6.09 Å². The van der Waals surface area contributed by atoms with Gasteiger partial charge in [0, 0.05) is 24.5 Å². The fraction of sp³-hybridized carbons (Fsp3) is 0.615. The molecule has 0 aromatic carbocycles. The van der Waals surface area contributed by atoms with Gasteiger partial charge in [-0.25, -0.2) is 4.79 Å². The lowest BCUT2D eigenvalue weighted by Crippen LogP contribution is -2.36. The highest BCUT2D eigenvalue weighted by Gasteiger charge is 2.18. The number of aryl methyl sites for hydroxylation is 2. The van der Waals surface area contributed by atoms with E-state index >= 15 is 0 Å². The molecule has 0 saturated carbocycles. The van der Waals surface area contributed by atoms with Crippen LogP contribution in [-0.2, 0) is 4.74 Å². The van der Waals surface area contributed by atoms with Gasteiger partial charge < -0.3 is 20.8 Å². The van der Waals surface area contributed by atoms with Crippen LogP contribution in [0.4, 0.5) is 4.79 Å². The summed E-state index contributed by atoms with van der Waals surface area (Å²) in [5.41, 5.74) is 8.75. The van der Waals surface area contributed by atoms with Crippen LogP contribution in [-0.4, -0.2) is 23.2 Å². The van der Waals surface area contributed by atoms with Crippen molar-refractivity contribution in [2.24, 2.45) is 5.73 Å². The Morgan fingerprint density at radius 2 is 2.11 bits per heavy atom. The van der Waals surface area contributed by atoms with E-state index in [0.717, 1.165) is 16.8 Å². The highest BCUT2D eigenvalue weighted by Crippen LogP contribution is 2.18. The van der Waals surface area contributed by atoms with E-state index in [1.807, 2.05) is 40.8 Å². The highest BCUT2D eigenvalue weighted by molar-refractivity contribution is 5.67. The second-order valence-electron chi connectivity index (χ2n) is 5.50. The molecule has 1 rings (SSSR count). The number of alkyl carbamates (subject to hydrolysis) is 1. The number of carbonyl (C=O) groups is 1. The number of nitrogens with one attached hydrogen (secondary N) is 2. The van der Waals surface area contributed by atoms with Gasteiger partial charge in [-0.05, 0) is 45.7 Å². The third-order valence-electron chi connectivity index (χ3n) is 2.57. The van der Waals surface area contributed by atoms with E-state index in [4.69, 9.17) is 10.5 Å². The Labute approximate surface area is 108 Å². The minimum absolute atomic E-state index is 0.233. The summed E-state index contributed by atoms with van der Waals surface area (Å²) in [6.45, 7) is 9.79. The Bertz CT molecular complexity index is 399. The maximum atomic E-state index is 11.5. The summed E-state index contributed by atoms with van der Waals surface area (Å²) in [6.07, 6.45) is 1.47. The first kappa shape index (κ1) is 14.6. The summed E-state index contributed by atoms with van der Waals surface area (Å²) in [4.78, 5) is 14.6. The van der Waals surface area contributed by atoms with E-state index in [1.54, 1.807) is 0 Å². The van der Waals surface area contributed by atoms with Gasteiger partial charge in [0.2, 0.25) is 0 Å². The summed E-state index contributed by atoms with van der Waals surface area (Å²) in [5.74, 6) is 0. The molecule has 0 bridgehead atoms. The van der Waals surface area contributed by atoms with Crippen LogP contribution in [0.1, 0.15) is 43.6 Å². The second-order valence-corrected chi connectivity index (χ2v) is 5.50. The van der Waals surface area contributed by atoms with Crippen LogP contribution in [0.25, 0.3) is 0 Å². The van der Waals surface area contributed by atoms with E-state index in [1.165, 1.54) is 0 Å². The number of hydrogen-bond donors (Lipinski definition) is 3. The number of nitrogens with two attached hydrogens (primary N) is 1. The maximum absolute atomic E-state index is 11.5. The number of carbonyl (C=O) groups excluding carboxylic acids is 1. The summed E-state index contributed by atoms with van der Waals surface area (Å²) < 4.78 is 5.15. The zero-order valence-corrected chi connectivity index (χ0v) is 11.8. The SMILES string of the molecule is Cc1c[nH]c(C)c1C(N)CNC(=O)OC(C)(C)C. The molecule has 102 valence electrons. The van der Waals surface area contributed by atoms with Gasteiger partial charge in [0.15, 0.2) is 0 Å². The molecule has 1 heterocycles. The van der Waals surface area contributed by atoms with Crippen molar-refractivity contribution in [2.75, 3.05) is 6.54 Å². The lowest BCUT2D eigenvalue weighted by Gasteiger charge is -2.21. The minimum Gasteiger partial charge on any atom is -0.444 e. The van der Waals surface area contributed by atoms with Crippen LogP contribution < -0.4 is 11.1 Å². The first-order valence-electron chi connectivity index (χ1n) is 6.07. The smallest absolute Gasteiger partial charge is 0.407 e. The topological polar surface area (TPSA) is 80.1 Å². The zero-order chi connectivity index (χ0) is 13.9. The average molecular weight is 253 g/mol. The van der Waals surface area contributed by atoms with Crippen LogP contribution >= 0.6 is 0 Å². The highest BCUT2D eigenvalue weighted by atomic mass is 16.6. The Hall–Kier alpha value is -1.49. The maximum Gasteiger partial charge on any atom is 0.407 e. The van der Waals surface area contributed by atoms with Crippen molar-refractivity contribution in [1.29, 1.82) is 0 Å². The van der Waals surface area contributed by atoms with Crippen LogP contribution in [0.2, 0.25) is 0 Å². The number of hydrogen-bond acceptors (Lipinski definition) is 3. The summed E-state index contributed by atoms with van der Waals surface area (Å²) >= 11 is 0. The third kappa shape index (κ3) is 4.07. The van der Waals surface area contributed by atoms with Gasteiger partial charge in [0.05, 0.1) is 0 Å². The van der Waals surface area contributed by atoms with E-state index in [9.17, 15) is 4.79 Å². The van der Waals surface area contributed by atoms with Gasteiger partial charge in [-0.3, -0.25) is 0 Å². The Morgan fingerprint density at radius 1 is 1.50 bits per heavy atom. The van der Waals surface area contributed by atoms with Crippen LogP contribution in [0.3, 0.4) is 0 Å². The van der Waals surface area contributed by atoms with Crippen LogP contribution in [0.15, 0.2) is 6.20 Å². The Morgan fingerprint density at radius 3 is 2.56 bits per heavy atom. The number of rotatable bonds is 3. The van der Waals surface area contributed by atoms with E-state index in [2.05, 4.69) is 10.3 Å². The van der Waals surface area contributed by atoms with E-state index in [0.29, 0.717) is 6.54 Å². The number of aromatic amines is 1. The van der Waals surface area contributed by atoms with Gasteiger partial charge in [-0.15, -0.1) is 0 Å². The molecule has 0 fully saturated rings. The number of aromatic nitrogens is 1. The standard InChI is InChI=1S/C13H23N3O2/c1-8-6-15-9(2)11(8)10(14)7-16-12(17)18-13(3,4)5/h6,10,15H,7,14H2,1-5H3,(H,16,17). The van der Waals surface area contributed by atoms with Crippen molar-refractivity contribution >= 4 is 6.09 Å². The van der Waals surface area contributed by atoms with Crippen molar-refractivity contribution in [1.82, 2.24) is 10.3 Å². The van der Waals surface area contributed by atoms with Gasteiger partial charge in [-0.2, -0.15) is 0 Å². The van der Waals surface area contributed by atoms with E-state index < -0.39 is 11.7 Å². The summed E-state index contributed by atoms with van der Waals surface area (Å²) in [7, 11) is 0. The summed E-state index contributed by atoms with van der Waals surface area (Å²) in [5, 5.41) is 2.68. The molecule has 0 aliphatic carbocycles. The molecule has 1 amide bonds. The molecule has 0 radical (unpaired) electrons. The molecule has 0 aliphatic rings.